The third kappa shape index (κ3) is 4.33. The fourth-order valence-corrected chi connectivity index (χ4v) is 4.14. The summed E-state index contributed by atoms with van der Waals surface area (Å²) in [5, 5.41) is 1.16. The number of fused-ring (bicyclic) bond motifs is 1. The molecule has 1 aromatic heterocycles. The van der Waals surface area contributed by atoms with E-state index in [1.54, 1.807) is 10.6 Å². The molecule has 6 heteroatoms. The molecule has 4 aromatic rings. The van der Waals surface area contributed by atoms with Gasteiger partial charge in [0.25, 0.3) is 5.56 Å². The minimum atomic E-state index is -0.358. The van der Waals surface area contributed by atoms with Crippen LogP contribution in [0.15, 0.2) is 88.8 Å². The van der Waals surface area contributed by atoms with E-state index in [1.165, 1.54) is 36.0 Å². The van der Waals surface area contributed by atoms with Crippen molar-refractivity contribution in [2.45, 2.75) is 18.0 Å². The van der Waals surface area contributed by atoms with Crippen LogP contribution in [0.4, 0.5) is 4.39 Å². The molecule has 0 amide bonds. The first kappa shape index (κ1) is 20.0. The molecule has 0 aliphatic carbocycles. The Kier molecular flexibility index (Phi) is 6.05. The Balaban J connectivity index is 1.54. The predicted molar refractivity (Wildman–Crippen MR) is 118 cm³/mol. The summed E-state index contributed by atoms with van der Waals surface area (Å²) in [7, 11) is 0. The Bertz CT molecular complexity index is 1240. The molecule has 0 N–H and O–H groups in total. The maximum atomic E-state index is 13.1. The second-order valence-corrected chi connectivity index (χ2v) is 7.83. The number of para-hydroxylation sites is 2. The van der Waals surface area contributed by atoms with Crippen LogP contribution in [0, 0.1) is 5.82 Å². The van der Waals surface area contributed by atoms with Crippen LogP contribution in [-0.2, 0) is 0 Å². The van der Waals surface area contributed by atoms with Gasteiger partial charge in [0.2, 0.25) is 0 Å². The Morgan fingerprint density at radius 3 is 2.40 bits per heavy atom. The quantitative estimate of drug-likeness (QED) is 0.177. The van der Waals surface area contributed by atoms with E-state index in [1.807, 2.05) is 48.5 Å². The minimum absolute atomic E-state index is 0.0254. The minimum Gasteiger partial charge on any atom is -0.294 e. The first-order valence-electron chi connectivity index (χ1n) is 9.62. The van der Waals surface area contributed by atoms with Crippen LogP contribution in [0.3, 0.4) is 0 Å². The van der Waals surface area contributed by atoms with Gasteiger partial charge in [0, 0.05) is 17.7 Å². The largest absolute Gasteiger partial charge is 0.294 e. The van der Waals surface area contributed by atoms with Gasteiger partial charge in [-0.15, -0.1) is 0 Å². The maximum Gasteiger partial charge on any atom is 0.266 e. The molecule has 0 bridgehead atoms. The molecule has 0 saturated carbocycles. The van der Waals surface area contributed by atoms with Crippen molar-refractivity contribution < 1.29 is 9.18 Å². The Hall–Kier alpha value is -3.25. The molecule has 0 atom stereocenters. The van der Waals surface area contributed by atoms with Gasteiger partial charge < -0.3 is 0 Å². The van der Waals surface area contributed by atoms with E-state index in [4.69, 9.17) is 4.98 Å². The zero-order valence-electron chi connectivity index (χ0n) is 16.1. The van der Waals surface area contributed by atoms with E-state index >= 15 is 0 Å². The van der Waals surface area contributed by atoms with Crippen molar-refractivity contribution in [2.75, 3.05) is 5.75 Å². The molecule has 150 valence electrons. The highest BCUT2D eigenvalue weighted by atomic mass is 32.2. The van der Waals surface area contributed by atoms with Crippen molar-refractivity contribution in [1.29, 1.82) is 0 Å². The van der Waals surface area contributed by atoms with Crippen molar-refractivity contribution in [3.63, 3.8) is 0 Å². The predicted octanol–water partition coefficient (Wildman–Crippen LogP) is 5.28. The highest BCUT2D eigenvalue weighted by Crippen LogP contribution is 2.22. The van der Waals surface area contributed by atoms with Gasteiger partial charge in [-0.3, -0.25) is 14.2 Å². The lowest BCUT2D eigenvalue weighted by molar-refractivity contribution is 0.0982. The molecule has 0 radical (unpaired) electrons. The molecular formula is C24H19FN2O2S. The van der Waals surface area contributed by atoms with Gasteiger partial charge in [-0.05, 0) is 55.0 Å². The van der Waals surface area contributed by atoms with E-state index in [0.717, 1.165) is 5.69 Å². The van der Waals surface area contributed by atoms with Gasteiger partial charge in [0.05, 0.1) is 16.6 Å². The van der Waals surface area contributed by atoms with Crippen molar-refractivity contribution in [3.8, 4) is 5.69 Å². The third-order valence-corrected chi connectivity index (χ3v) is 5.73. The van der Waals surface area contributed by atoms with E-state index < -0.39 is 0 Å². The van der Waals surface area contributed by atoms with Crippen molar-refractivity contribution >= 4 is 28.4 Å². The summed E-state index contributed by atoms with van der Waals surface area (Å²) >= 11 is 1.45. The van der Waals surface area contributed by atoms with Gasteiger partial charge in [0.1, 0.15) is 5.82 Å². The summed E-state index contributed by atoms with van der Waals surface area (Å²) in [5.41, 5.74) is 1.80. The highest BCUT2D eigenvalue weighted by molar-refractivity contribution is 7.99. The second kappa shape index (κ2) is 9.05. The molecule has 0 spiro atoms. The average molecular weight is 418 g/mol. The van der Waals surface area contributed by atoms with Crippen LogP contribution >= 0.6 is 11.8 Å². The number of carbonyl (C=O) groups excluding carboxylic acids is 1. The SMILES string of the molecule is O=C(CCCSc1nc2ccccc2c(=O)n1-c1ccccc1)c1ccc(F)cc1. The molecule has 0 aliphatic heterocycles. The summed E-state index contributed by atoms with van der Waals surface area (Å²) in [6.45, 7) is 0. The zero-order chi connectivity index (χ0) is 20.9. The van der Waals surface area contributed by atoms with E-state index in [2.05, 4.69) is 0 Å². The number of carbonyl (C=O) groups is 1. The number of Topliss-reactive ketones (excluding diaryl/α,β-unsaturated/α-hetero) is 1. The number of benzene rings is 3. The molecule has 4 rings (SSSR count). The lowest BCUT2D eigenvalue weighted by Gasteiger charge is -2.13. The lowest BCUT2D eigenvalue weighted by atomic mass is 10.1. The van der Waals surface area contributed by atoms with Crippen LogP contribution in [0.2, 0.25) is 0 Å². The van der Waals surface area contributed by atoms with Crippen molar-refractivity contribution in [3.05, 3.63) is 101 Å². The van der Waals surface area contributed by atoms with Gasteiger partial charge >= 0.3 is 0 Å². The molecule has 4 nitrogen and oxygen atoms in total. The fraction of sp³-hybridized carbons (Fsp3) is 0.125. The van der Waals surface area contributed by atoms with Gasteiger partial charge in [0.15, 0.2) is 10.9 Å². The first-order valence-corrected chi connectivity index (χ1v) is 10.6. The Morgan fingerprint density at radius 2 is 1.63 bits per heavy atom. The van der Waals surface area contributed by atoms with Crippen LogP contribution < -0.4 is 5.56 Å². The Labute approximate surface area is 177 Å². The average Bonchev–Trinajstić information content (AvgIpc) is 2.78. The number of hydrogen-bond acceptors (Lipinski definition) is 4. The lowest BCUT2D eigenvalue weighted by Crippen LogP contribution is -2.21. The van der Waals surface area contributed by atoms with Crippen molar-refractivity contribution in [2.24, 2.45) is 0 Å². The van der Waals surface area contributed by atoms with Crippen LogP contribution in [0.5, 0.6) is 0 Å². The molecule has 30 heavy (non-hydrogen) atoms. The van der Waals surface area contributed by atoms with Gasteiger partial charge in [-0.1, -0.05) is 42.1 Å². The summed E-state index contributed by atoms with van der Waals surface area (Å²) in [5.74, 6) is 0.246. The zero-order valence-corrected chi connectivity index (χ0v) is 16.9. The summed E-state index contributed by atoms with van der Waals surface area (Å²) in [6, 6.07) is 22.3. The number of halogens is 1. The molecule has 0 saturated heterocycles. The number of aromatic nitrogens is 2. The molecule has 0 aliphatic rings. The number of nitrogens with zero attached hydrogens (tertiary/aromatic N) is 2. The smallest absolute Gasteiger partial charge is 0.266 e. The number of rotatable bonds is 7. The Morgan fingerprint density at radius 1 is 0.933 bits per heavy atom. The van der Waals surface area contributed by atoms with Crippen LogP contribution in [0.25, 0.3) is 16.6 Å². The van der Waals surface area contributed by atoms with Gasteiger partial charge in [-0.2, -0.15) is 0 Å². The molecule has 1 heterocycles. The topological polar surface area (TPSA) is 52.0 Å². The normalized spacial score (nSPS) is 11.0. The van der Waals surface area contributed by atoms with E-state index in [-0.39, 0.29) is 17.2 Å². The molecule has 3 aromatic carbocycles. The third-order valence-electron chi connectivity index (χ3n) is 4.70. The fourth-order valence-electron chi connectivity index (χ4n) is 3.19. The van der Waals surface area contributed by atoms with Crippen LogP contribution in [-0.4, -0.2) is 21.1 Å². The summed E-state index contributed by atoms with van der Waals surface area (Å²) in [4.78, 5) is 30.1. The number of hydrogen-bond donors (Lipinski definition) is 0. The molecule has 0 unspecified atom stereocenters. The molecule has 0 fully saturated rings. The van der Waals surface area contributed by atoms with Gasteiger partial charge in [-0.25, -0.2) is 9.37 Å². The monoisotopic (exact) mass is 418 g/mol. The standard InChI is InChI=1S/C24H19FN2O2S/c25-18-14-12-17(13-15-18)22(28)11-6-16-30-24-26-21-10-5-4-9-20(21)23(29)27(24)19-7-2-1-3-8-19/h1-5,7-10,12-15H,6,11,16H2. The first-order chi connectivity index (χ1) is 14.6. The summed E-state index contributed by atoms with van der Waals surface area (Å²) < 4.78 is 14.6. The second-order valence-electron chi connectivity index (χ2n) is 6.77. The number of thioether (sulfide) groups is 1. The van der Waals surface area contributed by atoms with E-state index in [9.17, 15) is 14.0 Å². The van der Waals surface area contributed by atoms with E-state index in [0.29, 0.717) is 40.2 Å². The molecular weight excluding hydrogens is 399 g/mol. The van der Waals surface area contributed by atoms with Crippen molar-refractivity contribution in [1.82, 2.24) is 9.55 Å². The summed E-state index contributed by atoms with van der Waals surface area (Å²) in [6.07, 6.45) is 0.972. The number of ketones is 1. The highest BCUT2D eigenvalue weighted by Gasteiger charge is 2.13. The van der Waals surface area contributed by atoms with Crippen LogP contribution in [0.1, 0.15) is 23.2 Å². The maximum absolute atomic E-state index is 13.1.